The molecule has 4 aromatic rings. The van der Waals surface area contributed by atoms with Crippen molar-refractivity contribution in [2.75, 3.05) is 11.5 Å². The van der Waals surface area contributed by atoms with E-state index < -0.39 is 43.0 Å². The van der Waals surface area contributed by atoms with E-state index in [1.54, 1.807) is 24.5 Å². The molecule has 6 rings (SSSR count). The summed E-state index contributed by atoms with van der Waals surface area (Å²) in [6, 6.07) is 3.15. The zero-order valence-corrected chi connectivity index (χ0v) is 32.5. The molecule has 0 N–H and O–H groups in total. The number of nitrogens with zero attached hydrogens (tertiary/aromatic N) is 6. The highest BCUT2D eigenvalue weighted by molar-refractivity contribution is 7.91. The lowest BCUT2D eigenvalue weighted by molar-refractivity contribution is -0.258. The average Bonchev–Trinajstić information content (AvgIpc) is 4.07. The van der Waals surface area contributed by atoms with Crippen molar-refractivity contribution in [3.05, 3.63) is 70.5 Å². The minimum Gasteiger partial charge on any atom is -0.326 e. The number of hydrogen-bond donors (Lipinski definition) is 0. The molecule has 10 nitrogen and oxygen atoms in total. The van der Waals surface area contributed by atoms with E-state index in [2.05, 4.69) is 19.9 Å². The molecule has 0 spiro atoms. The molecule has 56 heavy (non-hydrogen) atoms. The van der Waals surface area contributed by atoms with Crippen LogP contribution in [0.2, 0.25) is 0 Å². The zero-order chi connectivity index (χ0) is 41.6. The zero-order valence-electron chi connectivity index (χ0n) is 30.1. The number of hydrogen-bond acceptors (Lipinski definition) is 8. The van der Waals surface area contributed by atoms with E-state index in [4.69, 9.17) is 11.6 Å². The lowest BCUT2D eigenvalue weighted by Crippen LogP contribution is -2.33. The maximum absolute atomic E-state index is 13.1. The van der Waals surface area contributed by atoms with Gasteiger partial charge in [0.15, 0.2) is 31.3 Å². The monoisotopic (exact) mass is 854 g/mol. The van der Waals surface area contributed by atoms with Gasteiger partial charge in [-0.15, -0.1) is 0 Å². The van der Waals surface area contributed by atoms with Crippen molar-refractivity contribution >= 4 is 43.4 Å². The van der Waals surface area contributed by atoms with Gasteiger partial charge in [0.1, 0.15) is 16.4 Å². The summed E-state index contributed by atoms with van der Waals surface area (Å²) >= 11 is 5.29. The van der Waals surface area contributed by atoms with Crippen molar-refractivity contribution in [1.82, 2.24) is 29.1 Å². The molecule has 2 saturated carbocycles. The van der Waals surface area contributed by atoms with E-state index in [-0.39, 0.29) is 67.7 Å². The summed E-state index contributed by atoms with van der Waals surface area (Å²) < 4.78 is 154. The van der Waals surface area contributed by atoms with E-state index in [0.717, 1.165) is 49.1 Å². The molecule has 4 heterocycles. The fourth-order valence-electron chi connectivity index (χ4n) is 5.39. The number of rotatable bonds is 11. The normalized spacial score (nSPS) is 16.0. The Labute approximate surface area is 322 Å². The third-order valence-electron chi connectivity index (χ3n) is 9.13. The Morgan fingerprint density at radius 1 is 0.714 bits per heavy atom. The van der Waals surface area contributed by atoms with Crippen LogP contribution in [0.5, 0.6) is 0 Å². The van der Waals surface area contributed by atoms with Gasteiger partial charge < -0.3 is 9.13 Å². The second-order valence-corrected chi connectivity index (χ2v) is 18.1. The first-order chi connectivity index (χ1) is 25.9. The van der Waals surface area contributed by atoms with Crippen LogP contribution in [0, 0.1) is 0 Å². The number of alkyl halides is 8. The van der Waals surface area contributed by atoms with E-state index in [0.29, 0.717) is 12.0 Å². The Hall–Kier alpha value is -4.17. The molecule has 0 aliphatic heterocycles. The summed E-state index contributed by atoms with van der Waals surface area (Å²) in [6.07, 6.45) is -0.0328. The SMILES string of the molecule is CCS(=O)(=O)c1cc(C2CC2)cnc1-c1ncc(/C=C/C(F)(F)C(F)(F)F)n1C.CCS(=O)(=O)c1cc(C2CC2)cnc1-c1ncc(C=C(Cl)C(F)(F)F)n1C. The van der Waals surface area contributed by atoms with Gasteiger partial charge in [-0.2, -0.15) is 35.1 Å². The van der Waals surface area contributed by atoms with Gasteiger partial charge in [0.25, 0.3) is 0 Å². The van der Waals surface area contributed by atoms with Crippen LogP contribution in [0.25, 0.3) is 35.2 Å². The Balaban J connectivity index is 0.000000215. The molecule has 0 aromatic carbocycles. The molecular weight excluding hydrogens is 820 g/mol. The Bertz CT molecular complexity index is 2400. The minimum atomic E-state index is -5.71. The predicted molar refractivity (Wildman–Crippen MR) is 192 cm³/mol. The Morgan fingerprint density at radius 2 is 1.12 bits per heavy atom. The van der Waals surface area contributed by atoms with Crippen LogP contribution in [-0.2, 0) is 33.8 Å². The first-order valence-electron chi connectivity index (χ1n) is 17.0. The number of halogens is 9. The maximum atomic E-state index is 13.1. The average molecular weight is 855 g/mol. The molecule has 304 valence electrons. The van der Waals surface area contributed by atoms with Crippen molar-refractivity contribution in [1.29, 1.82) is 0 Å². The fourth-order valence-corrected chi connectivity index (χ4v) is 7.63. The lowest BCUT2D eigenvalue weighted by Gasteiger charge is -2.15. The highest BCUT2D eigenvalue weighted by Crippen LogP contribution is 2.43. The van der Waals surface area contributed by atoms with E-state index in [1.165, 1.54) is 43.3 Å². The van der Waals surface area contributed by atoms with Gasteiger partial charge in [-0.25, -0.2) is 26.8 Å². The molecule has 0 amide bonds. The van der Waals surface area contributed by atoms with Crippen molar-refractivity contribution in [2.45, 2.75) is 79.4 Å². The molecule has 2 fully saturated rings. The van der Waals surface area contributed by atoms with Crippen molar-refractivity contribution in [2.24, 2.45) is 14.1 Å². The predicted octanol–water partition coefficient (Wildman–Crippen LogP) is 8.66. The van der Waals surface area contributed by atoms with Crippen LogP contribution >= 0.6 is 11.6 Å². The van der Waals surface area contributed by atoms with Gasteiger partial charge in [0.2, 0.25) is 0 Å². The molecule has 0 bridgehead atoms. The van der Waals surface area contributed by atoms with Gasteiger partial charge in [-0.05, 0) is 79.0 Å². The van der Waals surface area contributed by atoms with Gasteiger partial charge in [-0.3, -0.25) is 9.97 Å². The largest absolute Gasteiger partial charge is 0.457 e. The van der Waals surface area contributed by atoms with Crippen molar-refractivity contribution in [3.8, 4) is 23.0 Å². The standard InChI is InChI=1S/C18H18F5N3O2S.C17H17ClF3N3O2S/c1-3-29(27,28)14-8-12(11-4-5-11)9-24-15(14)16-25-10-13(26(16)2)6-7-17(19,20)18(21,22)23;1-3-27(25,26)13-6-11(10-4-5-10)8-22-15(13)16-23-9-12(24(16)2)7-14(18)17(19,20)21/h6-11H,3-5H2,1-2H3;6-10H,3-5H2,1-2H3/b7-6+;. The smallest absolute Gasteiger partial charge is 0.326 e. The first-order valence-corrected chi connectivity index (χ1v) is 20.7. The maximum Gasteiger partial charge on any atom is 0.457 e. The molecule has 4 aromatic heterocycles. The number of pyridine rings is 2. The number of aromatic nitrogens is 6. The number of allylic oxidation sites excluding steroid dienone is 2. The molecule has 0 unspecified atom stereocenters. The van der Waals surface area contributed by atoms with Crippen LogP contribution in [-0.4, -0.2) is 75.7 Å². The van der Waals surface area contributed by atoms with Crippen LogP contribution in [0.1, 0.15) is 73.9 Å². The lowest BCUT2D eigenvalue weighted by atomic mass is 10.2. The number of sulfone groups is 2. The van der Waals surface area contributed by atoms with E-state index >= 15 is 0 Å². The third kappa shape index (κ3) is 9.33. The van der Waals surface area contributed by atoms with E-state index in [9.17, 15) is 52.0 Å². The molecule has 21 heteroatoms. The second kappa shape index (κ2) is 15.6. The summed E-state index contributed by atoms with van der Waals surface area (Å²) in [5.74, 6) is -4.53. The fraction of sp³-hybridized carbons (Fsp3) is 0.429. The molecule has 0 saturated heterocycles. The summed E-state index contributed by atoms with van der Waals surface area (Å²) in [6.45, 7) is 3.01. The van der Waals surface area contributed by atoms with Crippen molar-refractivity contribution in [3.63, 3.8) is 0 Å². The summed E-state index contributed by atoms with van der Waals surface area (Å²) in [4.78, 5) is 16.6. The number of imidazole rings is 2. The molecular formula is C35H35ClF8N6O4S2. The van der Waals surface area contributed by atoms with Gasteiger partial charge in [-0.1, -0.05) is 25.4 Å². The topological polar surface area (TPSA) is 130 Å². The molecule has 2 aliphatic carbocycles. The Kier molecular flexibility index (Phi) is 12.0. The molecule has 0 atom stereocenters. The molecule has 0 radical (unpaired) electrons. The Morgan fingerprint density at radius 3 is 1.50 bits per heavy atom. The molecule has 2 aliphatic rings. The third-order valence-corrected chi connectivity index (χ3v) is 12.9. The van der Waals surface area contributed by atoms with E-state index in [1.807, 2.05) is 0 Å². The van der Waals surface area contributed by atoms with Gasteiger partial charge in [0, 0.05) is 26.5 Å². The summed E-state index contributed by atoms with van der Waals surface area (Å²) in [5, 5.41) is -1.30. The van der Waals surface area contributed by atoms with Crippen LogP contribution in [0.4, 0.5) is 35.1 Å². The van der Waals surface area contributed by atoms with Crippen LogP contribution in [0.15, 0.2) is 57.8 Å². The van der Waals surface area contributed by atoms with Gasteiger partial charge in [0.05, 0.1) is 45.1 Å². The summed E-state index contributed by atoms with van der Waals surface area (Å²) in [5.41, 5.74) is 1.81. The first kappa shape index (κ1) is 43.0. The second-order valence-electron chi connectivity index (χ2n) is 13.2. The van der Waals surface area contributed by atoms with Crippen LogP contribution in [0.3, 0.4) is 0 Å². The minimum absolute atomic E-state index is 0.0287. The summed E-state index contributed by atoms with van der Waals surface area (Å²) in [7, 11) is -4.41. The highest BCUT2D eigenvalue weighted by Gasteiger charge is 2.55. The highest BCUT2D eigenvalue weighted by atomic mass is 35.5. The quantitative estimate of drug-likeness (QED) is 0.137. The van der Waals surface area contributed by atoms with Crippen LogP contribution < -0.4 is 0 Å². The van der Waals surface area contributed by atoms with Gasteiger partial charge >= 0.3 is 18.3 Å². The van der Waals surface area contributed by atoms with Crippen molar-refractivity contribution < 1.29 is 52.0 Å².